The number of nitrogens with one attached hydrogen (secondary N) is 1. The van der Waals surface area contributed by atoms with Gasteiger partial charge in [0.25, 0.3) is 0 Å². The van der Waals surface area contributed by atoms with Gasteiger partial charge in [-0.1, -0.05) is 35.9 Å². The summed E-state index contributed by atoms with van der Waals surface area (Å²) in [6.45, 7) is 9.04. The molecule has 0 aliphatic rings. The third kappa shape index (κ3) is 5.52. The molecule has 2 aromatic carbocycles. The molecule has 2 rings (SSSR count). The molecule has 0 fully saturated rings. The Morgan fingerprint density at radius 2 is 1.64 bits per heavy atom. The van der Waals surface area contributed by atoms with Crippen molar-refractivity contribution in [1.29, 1.82) is 0 Å². The van der Waals surface area contributed by atoms with Crippen molar-refractivity contribution in [3.8, 4) is 11.5 Å². The van der Waals surface area contributed by atoms with Crippen molar-refractivity contribution in [3.63, 3.8) is 0 Å². The predicted molar refractivity (Wildman–Crippen MR) is 100 cm³/mol. The second-order valence-corrected chi connectivity index (χ2v) is 6.02. The van der Waals surface area contributed by atoms with E-state index >= 15 is 0 Å². The number of benzene rings is 2. The van der Waals surface area contributed by atoms with Crippen molar-refractivity contribution in [2.45, 2.75) is 40.2 Å². The van der Waals surface area contributed by atoms with Crippen molar-refractivity contribution < 1.29 is 14.3 Å². The molecule has 134 valence electrons. The minimum atomic E-state index is -0.104. The maximum absolute atomic E-state index is 12.3. The van der Waals surface area contributed by atoms with E-state index < -0.39 is 0 Å². The number of carbonyl (C=O) groups excluding carboxylic acids is 1. The van der Waals surface area contributed by atoms with Gasteiger partial charge in [0.15, 0.2) is 11.5 Å². The first-order valence-electron chi connectivity index (χ1n) is 8.78. The maximum Gasteiger partial charge on any atom is 0.224 e. The molecule has 4 heteroatoms. The van der Waals surface area contributed by atoms with Crippen LogP contribution in [0.5, 0.6) is 11.5 Å². The zero-order valence-corrected chi connectivity index (χ0v) is 15.5. The average Bonchev–Trinajstić information content (AvgIpc) is 2.59. The van der Waals surface area contributed by atoms with E-state index in [9.17, 15) is 4.79 Å². The van der Waals surface area contributed by atoms with Crippen LogP contribution in [-0.2, 0) is 11.2 Å². The van der Waals surface area contributed by atoms with Crippen molar-refractivity contribution in [2.24, 2.45) is 0 Å². The highest BCUT2D eigenvalue weighted by Gasteiger charge is 2.13. The molecule has 1 amide bonds. The van der Waals surface area contributed by atoms with Crippen molar-refractivity contribution in [2.75, 3.05) is 13.2 Å². The van der Waals surface area contributed by atoms with Crippen LogP contribution in [0.25, 0.3) is 0 Å². The van der Waals surface area contributed by atoms with E-state index in [1.807, 2.05) is 70.2 Å². The third-order valence-corrected chi connectivity index (χ3v) is 3.93. The molecule has 0 aliphatic carbocycles. The molecule has 0 saturated heterocycles. The van der Waals surface area contributed by atoms with Crippen LogP contribution >= 0.6 is 0 Å². The van der Waals surface area contributed by atoms with E-state index in [0.717, 1.165) is 16.9 Å². The summed E-state index contributed by atoms with van der Waals surface area (Å²) in [5.41, 5.74) is 3.19. The summed E-state index contributed by atoms with van der Waals surface area (Å²) in [5, 5.41) is 3.04. The molecule has 0 heterocycles. The van der Waals surface area contributed by atoms with Crippen LogP contribution in [0.3, 0.4) is 0 Å². The number of rotatable bonds is 8. The Hall–Kier alpha value is -2.49. The zero-order valence-electron chi connectivity index (χ0n) is 15.5. The first kappa shape index (κ1) is 18.8. The first-order valence-corrected chi connectivity index (χ1v) is 8.78. The number of hydrogen-bond acceptors (Lipinski definition) is 3. The summed E-state index contributed by atoms with van der Waals surface area (Å²) < 4.78 is 11.2. The number of aryl methyl sites for hydroxylation is 1. The number of hydrogen-bond donors (Lipinski definition) is 1. The Morgan fingerprint density at radius 1 is 1.00 bits per heavy atom. The predicted octanol–water partition coefficient (Wildman–Crippen LogP) is 4.21. The largest absolute Gasteiger partial charge is 0.490 e. The van der Waals surface area contributed by atoms with Gasteiger partial charge in [-0.05, 0) is 51.0 Å². The van der Waals surface area contributed by atoms with E-state index in [4.69, 9.17) is 9.47 Å². The van der Waals surface area contributed by atoms with Crippen molar-refractivity contribution >= 4 is 5.91 Å². The minimum absolute atomic E-state index is 0.00296. The van der Waals surface area contributed by atoms with E-state index in [2.05, 4.69) is 5.32 Å². The quantitative estimate of drug-likeness (QED) is 0.782. The second kappa shape index (κ2) is 9.11. The van der Waals surface area contributed by atoms with Crippen molar-refractivity contribution in [1.82, 2.24) is 5.32 Å². The van der Waals surface area contributed by atoms with Gasteiger partial charge in [0.2, 0.25) is 5.91 Å². The van der Waals surface area contributed by atoms with Gasteiger partial charge in [-0.3, -0.25) is 4.79 Å². The first-order chi connectivity index (χ1) is 12.0. The molecular formula is C21H27NO3. The highest BCUT2D eigenvalue weighted by Crippen LogP contribution is 2.30. The summed E-state index contributed by atoms with van der Waals surface area (Å²) in [5.74, 6) is 1.44. The molecule has 0 aromatic heterocycles. The highest BCUT2D eigenvalue weighted by molar-refractivity contribution is 5.79. The lowest BCUT2D eigenvalue weighted by Crippen LogP contribution is -2.28. The van der Waals surface area contributed by atoms with Gasteiger partial charge in [-0.15, -0.1) is 0 Å². The lowest BCUT2D eigenvalue weighted by molar-refractivity contribution is -0.121. The normalized spacial score (nSPS) is 11.7. The Bertz CT molecular complexity index is 695. The fraction of sp³-hybridized carbons (Fsp3) is 0.381. The van der Waals surface area contributed by atoms with Crippen LogP contribution in [0.4, 0.5) is 0 Å². The van der Waals surface area contributed by atoms with Crippen LogP contribution in [0.15, 0.2) is 42.5 Å². The van der Waals surface area contributed by atoms with Crippen LogP contribution in [0, 0.1) is 6.92 Å². The van der Waals surface area contributed by atoms with Crippen LogP contribution in [0.2, 0.25) is 0 Å². The molecule has 0 bridgehead atoms. The molecule has 1 atom stereocenters. The molecular weight excluding hydrogens is 314 g/mol. The Kier molecular flexibility index (Phi) is 6.87. The standard InChI is InChI=1S/C21H27NO3/c1-5-24-19-12-11-18(14-20(19)25-6-2)16(4)22-21(23)13-17-9-7-15(3)8-10-17/h7-12,14,16H,5-6,13H2,1-4H3,(H,22,23). The molecule has 1 N–H and O–H groups in total. The van der Waals surface area contributed by atoms with Gasteiger partial charge >= 0.3 is 0 Å². The van der Waals surface area contributed by atoms with Gasteiger partial charge in [0, 0.05) is 0 Å². The van der Waals surface area contributed by atoms with Gasteiger partial charge < -0.3 is 14.8 Å². The topological polar surface area (TPSA) is 47.6 Å². The number of ether oxygens (including phenoxy) is 2. The van der Waals surface area contributed by atoms with Crippen LogP contribution in [-0.4, -0.2) is 19.1 Å². The Labute approximate surface area is 150 Å². The van der Waals surface area contributed by atoms with Gasteiger partial charge in [-0.25, -0.2) is 0 Å². The lowest BCUT2D eigenvalue weighted by atomic mass is 10.1. The Morgan fingerprint density at radius 3 is 2.28 bits per heavy atom. The molecule has 0 radical (unpaired) electrons. The van der Waals surface area contributed by atoms with E-state index in [-0.39, 0.29) is 11.9 Å². The van der Waals surface area contributed by atoms with Gasteiger partial charge in [-0.2, -0.15) is 0 Å². The summed E-state index contributed by atoms with van der Waals surface area (Å²) in [6, 6.07) is 13.7. The monoisotopic (exact) mass is 341 g/mol. The molecule has 0 spiro atoms. The third-order valence-electron chi connectivity index (χ3n) is 3.93. The second-order valence-electron chi connectivity index (χ2n) is 6.02. The summed E-state index contributed by atoms with van der Waals surface area (Å²) in [4.78, 5) is 12.3. The molecule has 1 unspecified atom stereocenters. The maximum atomic E-state index is 12.3. The fourth-order valence-electron chi connectivity index (χ4n) is 2.60. The minimum Gasteiger partial charge on any atom is -0.490 e. The highest BCUT2D eigenvalue weighted by atomic mass is 16.5. The number of amides is 1. The molecule has 2 aromatic rings. The summed E-state index contributed by atoms with van der Waals surface area (Å²) >= 11 is 0. The summed E-state index contributed by atoms with van der Waals surface area (Å²) in [7, 11) is 0. The zero-order chi connectivity index (χ0) is 18.2. The van der Waals surface area contributed by atoms with Gasteiger partial charge in [0.05, 0.1) is 25.7 Å². The lowest BCUT2D eigenvalue weighted by Gasteiger charge is -2.17. The molecule has 4 nitrogen and oxygen atoms in total. The van der Waals surface area contributed by atoms with Crippen molar-refractivity contribution in [3.05, 3.63) is 59.2 Å². The molecule has 0 saturated carbocycles. The fourth-order valence-corrected chi connectivity index (χ4v) is 2.60. The van der Waals surface area contributed by atoms with E-state index in [1.54, 1.807) is 0 Å². The number of carbonyl (C=O) groups is 1. The Balaban J connectivity index is 2.03. The molecule has 25 heavy (non-hydrogen) atoms. The van der Waals surface area contributed by atoms with Crippen LogP contribution < -0.4 is 14.8 Å². The van der Waals surface area contributed by atoms with E-state index in [1.165, 1.54) is 5.56 Å². The summed E-state index contributed by atoms with van der Waals surface area (Å²) in [6.07, 6.45) is 0.375. The van der Waals surface area contributed by atoms with E-state index in [0.29, 0.717) is 25.4 Å². The molecule has 0 aliphatic heterocycles. The van der Waals surface area contributed by atoms with Gasteiger partial charge in [0.1, 0.15) is 0 Å². The average molecular weight is 341 g/mol. The SMILES string of the molecule is CCOc1ccc(C(C)NC(=O)Cc2ccc(C)cc2)cc1OCC. The smallest absolute Gasteiger partial charge is 0.224 e. The van der Waals surface area contributed by atoms with Crippen LogP contribution in [0.1, 0.15) is 43.5 Å².